The van der Waals surface area contributed by atoms with Gasteiger partial charge in [-0.15, -0.1) is 0 Å². The van der Waals surface area contributed by atoms with E-state index in [2.05, 4.69) is 23.1 Å². The highest BCUT2D eigenvalue weighted by Gasteiger charge is 2.11. The van der Waals surface area contributed by atoms with Crippen molar-refractivity contribution in [3.8, 4) is 0 Å². The van der Waals surface area contributed by atoms with Crippen molar-refractivity contribution >= 4 is 0 Å². The van der Waals surface area contributed by atoms with Crippen LogP contribution in [0.1, 0.15) is 36.0 Å². The number of hydrogen-bond donors (Lipinski definition) is 0. The van der Waals surface area contributed by atoms with Crippen LogP contribution in [0, 0.1) is 0 Å². The Kier molecular flexibility index (Phi) is 5.83. The van der Waals surface area contributed by atoms with Crippen LogP contribution in [-0.4, -0.2) is 32.2 Å². The lowest BCUT2D eigenvalue weighted by molar-refractivity contribution is 0.179. The van der Waals surface area contributed by atoms with Crippen LogP contribution in [0.15, 0.2) is 18.2 Å². The van der Waals surface area contributed by atoms with Crippen LogP contribution in [0.5, 0.6) is 0 Å². The molecule has 106 valence electrons. The first-order valence-electron chi connectivity index (χ1n) is 7.14. The Morgan fingerprint density at radius 1 is 0.842 bits per heavy atom. The van der Waals surface area contributed by atoms with Gasteiger partial charge in [0.15, 0.2) is 0 Å². The van der Waals surface area contributed by atoms with E-state index in [1.165, 1.54) is 49.0 Å². The maximum absolute atomic E-state index is 5.25. The van der Waals surface area contributed by atoms with Gasteiger partial charge in [0, 0.05) is 20.8 Å². The van der Waals surface area contributed by atoms with Gasteiger partial charge in [-0.1, -0.05) is 24.6 Å². The number of rotatable bonds is 6. The average molecular weight is 263 g/mol. The SMILES string of the molecule is COCc1cc(COC)cc(CN2CCCCC2)c1. The van der Waals surface area contributed by atoms with Crippen LogP contribution in [-0.2, 0) is 29.2 Å². The predicted octanol–water partition coefficient (Wildman–Crippen LogP) is 2.97. The average Bonchev–Trinajstić information content (AvgIpc) is 2.40. The minimum atomic E-state index is 0.671. The minimum Gasteiger partial charge on any atom is -0.380 e. The second kappa shape index (κ2) is 7.63. The van der Waals surface area contributed by atoms with Crippen LogP contribution in [0.3, 0.4) is 0 Å². The first-order valence-corrected chi connectivity index (χ1v) is 7.14. The minimum absolute atomic E-state index is 0.671. The lowest BCUT2D eigenvalue weighted by Crippen LogP contribution is -2.29. The lowest BCUT2D eigenvalue weighted by atomic mass is 10.0. The monoisotopic (exact) mass is 263 g/mol. The number of benzene rings is 1. The van der Waals surface area contributed by atoms with Crippen molar-refractivity contribution in [1.29, 1.82) is 0 Å². The Morgan fingerprint density at radius 2 is 1.37 bits per heavy atom. The first-order chi connectivity index (χ1) is 9.31. The number of ether oxygens (including phenoxy) is 2. The van der Waals surface area contributed by atoms with E-state index in [4.69, 9.17) is 9.47 Å². The lowest BCUT2D eigenvalue weighted by Gasteiger charge is -2.26. The van der Waals surface area contributed by atoms with E-state index in [1.807, 2.05) is 0 Å². The molecule has 1 aliphatic rings. The summed E-state index contributed by atoms with van der Waals surface area (Å²) in [6, 6.07) is 6.70. The summed E-state index contributed by atoms with van der Waals surface area (Å²) >= 11 is 0. The van der Waals surface area contributed by atoms with Gasteiger partial charge < -0.3 is 9.47 Å². The summed E-state index contributed by atoms with van der Waals surface area (Å²) < 4.78 is 10.5. The van der Waals surface area contributed by atoms with Crippen LogP contribution >= 0.6 is 0 Å². The van der Waals surface area contributed by atoms with Crippen LogP contribution < -0.4 is 0 Å². The fourth-order valence-electron chi connectivity index (χ4n) is 2.81. The molecule has 0 spiro atoms. The molecule has 1 fully saturated rings. The molecule has 0 bridgehead atoms. The van der Waals surface area contributed by atoms with Gasteiger partial charge >= 0.3 is 0 Å². The zero-order chi connectivity index (χ0) is 13.5. The van der Waals surface area contributed by atoms with Crippen LogP contribution in [0.25, 0.3) is 0 Å². The van der Waals surface area contributed by atoms with E-state index in [9.17, 15) is 0 Å². The number of methoxy groups -OCH3 is 2. The summed E-state index contributed by atoms with van der Waals surface area (Å²) in [6.45, 7) is 4.85. The molecular formula is C16H25NO2. The van der Waals surface area contributed by atoms with Crippen molar-refractivity contribution in [2.45, 2.75) is 39.0 Å². The Bertz CT molecular complexity index is 362. The molecule has 0 saturated carbocycles. The van der Waals surface area contributed by atoms with Gasteiger partial charge in [0.05, 0.1) is 13.2 Å². The third kappa shape index (κ3) is 4.60. The number of nitrogens with zero attached hydrogens (tertiary/aromatic N) is 1. The zero-order valence-electron chi connectivity index (χ0n) is 12.2. The highest BCUT2D eigenvalue weighted by Crippen LogP contribution is 2.17. The van der Waals surface area contributed by atoms with Gasteiger partial charge in [-0.25, -0.2) is 0 Å². The molecule has 1 heterocycles. The molecule has 1 aliphatic heterocycles. The molecule has 0 amide bonds. The summed E-state index contributed by atoms with van der Waals surface area (Å²) in [5, 5.41) is 0. The van der Waals surface area contributed by atoms with E-state index in [1.54, 1.807) is 14.2 Å². The second-order valence-electron chi connectivity index (χ2n) is 5.36. The summed E-state index contributed by atoms with van der Waals surface area (Å²) in [7, 11) is 3.49. The van der Waals surface area contributed by atoms with Crippen molar-refractivity contribution in [2.24, 2.45) is 0 Å². The smallest absolute Gasteiger partial charge is 0.0713 e. The predicted molar refractivity (Wildman–Crippen MR) is 77.0 cm³/mol. The molecule has 0 aliphatic carbocycles. The normalized spacial score (nSPS) is 16.7. The van der Waals surface area contributed by atoms with Crippen LogP contribution in [0.4, 0.5) is 0 Å². The molecule has 3 nitrogen and oxygen atoms in total. The van der Waals surface area contributed by atoms with E-state index in [0.717, 1.165) is 6.54 Å². The molecule has 1 aromatic rings. The van der Waals surface area contributed by atoms with E-state index >= 15 is 0 Å². The fraction of sp³-hybridized carbons (Fsp3) is 0.625. The Morgan fingerprint density at radius 3 is 1.89 bits per heavy atom. The quantitative estimate of drug-likeness (QED) is 0.787. The number of likely N-dealkylation sites (tertiary alicyclic amines) is 1. The third-order valence-electron chi connectivity index (χ3n) is 3.59. The maximum atomic E-state index is 5.25. The molecule has 0 aromatic heterocycles. The largest absolute Gasteiger partial charge is 0.380 e. The highest BCUT2D eigenvalue weighted by molar-refractivity contribution is 5.29. The number of piperidine rings is 1. The summed E-state index contributed by atoms with van der Waals surface area (Å²) in [4.78, 5) is 2.55. The van der Waals surface area contributed by atoms with Gasteiger partial charge in [-0.3, -0.25) is 4.90 Å². The molecule has 0 atom stereocenters. The molecule has 3 heteroatoms. The molecule has 0 unspecified atom stereocenters. The van der Waals surface area contributed by atoms with E-state index in [-0.39, 0.29) is 0 Å². The first kappa shape index (κ1) is 14.5. The van der Waals surface area contributed by atoms with Gasteiger partial charge in [0.25, 0.3) is 0 Å². The Hall–Kier alpha value is -0.900. The molecule has 1 saturated heterocycles. The number of hydrogen-bond acceptors (Lipinski definition) is 3. The van der Waals surface area contributed by atoms with Gasteiger partial charge in [0.2, 0.25) is 0 Å². The standard InChI is InChI=1S/C16H25NO2/c1-18-12-15-8-14(9-16(10-15)13-19-2)11-17-6-4-3-5-7-17/h8-10H,3-7,11-13H2,1-2H3. The van der Waals surface area contributed by atoms with Crippen molar-refractivity contribution in [2.75, 3.05) is 27.3 Å². The molecule has 1 aromatic carbocycles. The highest BCUT2D eigenvalue weighted by atomic mass is 16.5. The molecule has 0 radical (unpaired) electrons. The summed E-state index contributed by atoms with van der Waals surface area (Å²) in [6.07, 6.45) is 4.06. The second-order valence-corrected chi connectivity index (χ2v) is 5.36. The van der Waals surface area contributed by atoms with E-state index in [0.29, 0.717) is 13.2 Å². The molecule has 0 N–H and O–H groups in total. The van der Waals surface area contributed by atoms with Crippen molar-refractivity contribution in [1.82, 2.24) is 4.90 Å². The van der Waals surface area contributed by atoms with E-state index < -0.39 is 0 Å². The molecular weight excluding hydrogens is 238 g/mol. The van der Waals surface area contributed by atoms with Crippen molar-refractivity contribution in [3.63, 3.8) is 0 Å². The fourth-order valence-corrected chi connectivity index (χ4v) is 2.81. The topological polar surface area (TPSA) is 21.7 Å². The Labute approximate surface area is 116 Å². The van der Waals surface area contributed by atoms with Gasteiger partial charge in [-0.2, -0.15) is 0 Å². The summed E-state index contributed by atoms with van der Waals surface area (Å²) in [5.74, 6) is 0. The summed E-state index contributed by atoms with van der Waals surface area (Å²) in [5.41, 5.74) is 3.86. The maximum Gasteiger partial charge on any atom is 0.0713 e. The third-order valence-corrected chi connectivity index (χ3v) is 3.59. The van der Waals surface area contributed by atoms with Gasteiger partial charge in [0.1, 0.15) is 0 Å². The van der Waals surface area contributed by atoms with Gasteiger partial charge in [-0.05, 0) is 42.6 Å². The van der Waals surface area contributed by atoms with Crippen LogP contribution in [0.2, 0.25) is 0 Å². The molecule has 19 heavy (non-hydrogen) atoms. The van der Waals surface area contributed by atoms with Crippen molar-refractivity contribution < 1.29 is 9.47 Å². The molecule has 2 rings (SSSR count). The van der Waals surface area contributed by atoms with Crippen molar-refractivity contribution in [3.05, 3.63) is 34.9 Å². The zero-order valence-corrected chi connectivity index (χ0v) is 12.2. The Balaban J connectivity index is 2.08.